The van der Waals surface area contributed by atoms with Gasteiger partial charge in [-0.25, -0.2) is 0 Å². The molecule has 0 saturated heterocycles. The summed E-state index contributed by atoms with van der Waals surface area (Å²) in [5.41, 5.74) is 0.921. The van der Waals surface area contributed by atoms with E-state index in [9.17, 15) is 10.1 Å². The summed E-state index contributed by atoms with van der Waals surface area (Å²) in [5, 5.41) is 13.0. The smallest absolute Gasteiger partial charge is 0.256 e. The molecule has 0 unspecified atom stereocenters. The van der Waals surface area contributed by atoms with Crippen LogP contribution in [0, 0.1) is 41.4 Å². The molecule has 5 heteroatoms. The molecule has 0 radical (unpaired) electrons. The van der Waals surface area contributed by atoms with Crippen molar-refractivity contribution in [2.24, 2.45) is 23.2 Å². The number of aryl methyl sites for hydroxylation is 1. The summed E-state index contributed by atoms with van der Waals surface area (Å²) in [6.07, 6.45) is 11.5. The maximum Gasteiger partial charge on any atom is 0.256 e. The molecule has 2 aromatic rings. The van der Waals surface area contributed by atoms with Crippen molar-refractivity contribution >= 4 is 5.91 Å². The third kappa shape index (κ3) is 2.62. The molecule has 28 heavy (non-hydrogen) atoms. The highest BCUT2D eigenvalue weighted by Gasteiger charge is 2.53. The molecular weight excluding hydrogens is 350 g/mol. The van der Waals surface area contributed by atoms with E-state index in [4.69, 9.17) is 4.42 Å². The number of nitrogens with one attached hydrogen (secondary N) is 1. The van der Waals surface area contributed by atoms with Gasteiger partial charge in [0.1, 0.15) is 23.0 Å². The summed E-state index contributed by atoms with van der Waals surface area (Å²) in [6.45, 7) is 3.93. The van der Waals surface area contributed by atoms with Crippen LogP contribution in [0.25, 0.3) is 5.88 Å². The molecule has 4 aliphatic carbocycles. The molecule has 0 aromatic carbocycles. The van der Waals surface area contributed by atoms with E-state index in [1.807, 2.05) is 24.5 Å². The molecule has 4 bridgehead atoms. The average Bonchev–Trinajstić information content (AvgIpc) is 3.27. The van der Waals surface area contributed by atoms with E-state index < -0.39 is 0 Å². The fraction of sp³-hybridized carbons (Fsp3) is 0.565. The molecule has 4 aliphatic rings. The lowest BCUT2D eigenvalue weighted by atomic mass is 9.48. The van der Waals surface area contributed by atoms with Gasteiger partial charge in [0, 0.05) is 18.4 Å². The molecule has 4 fully saturated rings. The Balaban J connectivity index is 1.41. The third-order valence-corrected chi connectivity index (χ3v) is 7.60. The number of furan rings is 1. The van der Waals surface area contributed by atoms with Crippen LogP contribution >= 0.6 is 0 Å². The van der Waals surface area contributed by atoms with E-state index >= 15 is 0 Å². The molecule has 1 amide bonds. The topological polar surface area (TPSA) is 71.0 Å². The van der Waals surface area contributed by atoms with Gasteiger partial charge in [-0.2, -0.15) is 5.26 Å². The monoisotopic (exact) mass is 377 g/mol. The molecule has 2 aromatic heterocycles. The van der Waals surface area contributed by atoms with Crippen molar-refractivity contribution in [2.75, 3.05) is 0 Å². The van der Waals surface area contributed by atoms with Crippen LogP contribution < -0.4 is 5.32 Å². The van der Waals surface area contributed by atoms with Crippen LogP contribution in [0.1, 0.15) is 67.1 Å². The summed E-state index contributed by atoms with van der Waals surface area (Å²) in [7, 11) is 0. The zero-order valence-electron chi connectivity index (χ0n) is 16.6. The molecular formula is C23H27N3O2. The highest BCUT2D eigenvalue weighted by Crippen LogP contribution is 2.61. The van der Waals surface area contributed by atoms with Crippen molar-refractivity contribution in [3.05, 3.63) is 41.4 Å². The first-order chi connectivity index (χ1) is 13.5. The number of carbonyl (C=O) groups is 1. The van der Waals surface area contributed by atoms with Gasteiger partial charge in [0.2, 0.25) is 5.88 Å². The van der Waals surface area contributed by atoms with Gasteiger partial charge in [0.25, 0.3) is 5.91 Å². The fourth-order valence-corrected chi connectivity index (χ4v) is 6.69. The number of hydrogen-bond donors (Lipinski definition) is 1. The highest BCUT2D eigenvalue weighted by molar-refractivity contribution is 5.98. The molecule has 6 rings (SSSR count). The number of nitriles is 1. The number of aromatic nitrogens is 1. The van der Waals surface area contributed by atoms with Crippen LogP contribution in [0.3, 0.4) is 0 Å². The number of rotatable bonds is 4. The second kappa shape index (κ2) is 6.27. The van der Waals surface area contributed by atoms with Crippen molar-refractivity contribution in [3.8, 4) is 12.0 Å². The summed E-state index contributed by atoms with van der Waals surface area (Å²) in [4.78, 5) is 13.2. The van der Waals surface area contributed by atoms with Crippen LogP contribution in [0.15, 0.2) is 28.9 Å². The predicted molar refractivity (Wildman–Crippen MR) is 105 cm³/mol. The molecule has 4 saturated carbocycles. The zero-order chi connectivity index (χ0) is 19.5. The number of hydrogen-bond acceptors (Lipinski definition) is 3. The molecule has 2 heterocycles. The Bertz CT molecular complexity index is 912. The lowest BCUT2D eigenvalue weighted by Gasteiger charge is -2.59. The van der Waals surface area contributed by atoms with Crippen LogP contribution in [0.2, 0.25) is 0 Å². The van der Waals surface area contributed by atoms with Crippen molar-refractivity contribution in [1.82, 2.24) is 9.88 Å². The van der Waals surface area contributed by atoms with Gasteiger partial charge in [-0.3, -0.25) is 9.36 Å². The third-order valence-electron chi connectivity index (χ3n) is 7.60. The lowest BCUT2D eigenvalue weighted by molar-refractivity contribution is -0.0688. The highest BCUT2D eigenvalue weighted by atomic mass is 16.4. The Morgan fingerprint density at radius 1 is 1.21 bits per heavy atom. The van der Waals surface area contributed by atoms with Crippen LogP contribution in [0.5, 0.6) is 0 Å². The van der Waals surface area contributed by atoms with E-state index in [-0.39, 0.29) is 17.4 Å². The van der Waals surface area contributed by atoms with Crippen LogP contribution in [0.4, 0.5) is 0 Å². The van der Waals surface area contributed by atoms with Crippen molar-refractivity contribution in [3.63, 3.8) is 0 Å². The van der Waals surface area contributed by atoms with Crippen molar-refractivity contribution < 1.29 is 9.21 Å². The average molecular weight is 377 g/mol. The fourth-order valence-electron chi connectivity index (χ4n) is 6.69. The van der Waals surface area contributed by atoms with Gasteiger partial charge in [-0.05, 0) is 87.7 Å². The Kier molecular flexibility index (Phi) is 3.94. The van der Waals surface area contributed by atoms with E-state index in [1.165, 1.54) is 38.5 Å². The van der Waals surface area contributed by atoms with E-state index in [1.54, 1.807) is 11.5 Å². The van der Waals surface area contributed by atoms with Gasteiger partial charge in [-0.15, -0.1) is 0 Å². The van der Waals surface area contributed by atoms with Gasteiger partial charge >= 0.3 is 0 Å². The molecule has 0 spiro atoms. The Hall–Kier alpha value is -2.48. The SMILES string of the molecule is Cc1oc(-n2cccc2)c(C#N)c1C(=O)N[C@@H](C)C12CC3CC(CC(C3)C1)C2. The quantitative estimate of drug-likeness (QED) is 0.847. The van der Waals surface area contributed by atoms with Crippen LogP contribution in [-0.4, -0.2) is 16.5 Å². The summed E-state index contributed by atoms with van der Waals surface area (Å²) in [6, 6.07) is 6.04. The molecule has 1 N–H and O–H groups in total. The first-order valence-corrected chi connectivity index (χ1v) is 10.5. The molecule has 1 atom stereocenters. The van der Waals surface area contributed by atoms with Gasteiger partial charge in [-0.1, -0.05) is 0 Å². The Labute approximate surface area is 165 Å². The van der Waals surface area contributed by atoms with Crippen LogP contribution in [-0.2, 0) is 0 Å². The second-order valence-corrected chi connectivity index (χ2v) is 9.39. The molecule has 146 valence electrons. The minimum Gasteiger partial charge on any atom is -0.443 e. The van der Waals surface area contributed by atoms with Gasteiger partial charge in [0.05, 0.1) is 0 Å². The summed E-state index contributed by atoms with van der Waals surface area (Å²) < 4.78 is 7.55. The van der Waals surface area contributed by atoms with E-state index in [0.717, 1.165) is 17.8 Å². The lowest BCUT2D eigenvalue weighted by Crippen LogP contribution is -2.55. The maximum atomic E-state index is 13.2. The van der Waals surface area contributed by atoms with Crippen molar-refractivity contribution in [1.29, 1.82) is 5.26 Å². The molecule has 0 aliphatic heterocycles. The minimum atomic E-state index is -0.181. The minimum absolute atomic E-state index is 0.115. The second-order valence-electron chi connectivity index (χ2n) is 9.39. The normalized spacial score (nSPS) is 31.5. The summed E-state index contributed by atoms with van der Waals surface area (Å²) >= 11 is 0. The van der Waals surface area contributed by atoms with Gasteiger partial charge < -0.3 is 9.73 Å². The number of amides is 1. The van der Waals surface area contributed by atoms with Gasteiger partial charge in [0.15, 0.2) is 0 Å². The van der Waals surface area contributed by atoms with E-state index in [0.29, 0.717) is 22.8 Å². The Morgan fingerprint density at radius 2 is 1.79 bits per heavy atom. The van der Waals surface area contributed by atoms with Crippen molar-refractivity contribution in [2.45, 2.75) is 58.4 Å². The first kappa shape index (κ1) is 17.6. The standard InChI is InChI=1S/C23H27N3O2/c1-14-20(19(13-24)22(28-14)26-5-3-4-6-26)21(27)25-15(2)23-10-16-7-17(11-23)9-18(8-16)12-23/h3-6,15-18H,7-12H2,1-2H3,(H,25,27)/t15-,16?,17?,18?,23?/m0/s1. The summed E-state index contributed by atoms with van der Waals surface area (Å²) in [5.74, 6) is 3.26. The number of carbonyl (C=O) groups excluding carboxylic acids is 1. The first-order valence-electron chi connectivity index (χ1n) is 10.5. The Morgan fingerprint density at radius 3 is 2.32 bits per heavy atom. The number of nitrogens with zero attached hydrogens (tertiary/aromatic N) is 2. The van der Waals surface area contributed by atoms with E-state index in [2.05, 4.69) is 18.3 Å². The molecule has 5 nitrogen and oxygen atoms in total. The zero-order valence-corrected chi connectivity index (χ0v) is 16.6. The maximum absolute atomic E-state index is 13.2. The largest absolute Gasteiger partial charge is 0.443 e. The predicted octanol–water partition coefficient (Wildman–Crippen LogP) is 4.59.